The predicted octanol–water partition coefficient (Wildman–Crippen LogP) is 1.57. The Morgan fingerprint density at radius 3 is 2.86 bits per heavy atom. The molecular formula is C10H16N2OS. The summed E-state index contributed by atoms with van der Waals surface area (Å²) in [6.45, 7) is 5.02. The molecule has 0 aliphatic rings. The second-order valence-electron chi connectivity index (χ2n) is 3.41. The van der Waals surface area contributed by atoms with E-state index in [1.807, 2.05) is 11.8 Å². The molecule has 1 aromatic rings. The fourth-order valence-corrected chi connectivity index (χ4v) is 1.88. The standard InChI is InChI=1S/C10H16N2OS/c1-8(2)14-6-5-12-7-9(11)3-4-10(12)13/h3-4,7-8H,5-6,11H2,1-2H3. The first kappa shape index (κ1) is 11.2. The number of aryl methyl sites for hydroxylation is 1. The topological polar surface area (TPSA) is 48.0 Å². The second-order valence-corrected chi connectivity index (χ2v) is 5.10. The van der Waals surface area contributed by atoms with Crippen molar-refractivity contribution in [1.29, 1.82) is 0 Å². The molecule has 0 aromatic carbocycles. The summed E-state index contributed by atoms with van der Waals surface area (Å²) in [7, 11) is 0. The van der Waals surface area contributed by atoms with Gasteiger partial charge in [-0.1, -0.05) is 13.8 Å². The summed E-state index contributed by atoms with van der Waals surface area (Å²) in [6, 6.07) is 3.14. The Balaban J connectivity index is 2.58. The van der Waals surface area contributed by atoms with E-state index in [1.165, 1.54) is 6.07 Å². The first-order valence-corrected chi connectivity index (χ1v) is 5.72. The third-order valence-electron chi connectivity index (χ3n) is 1.79. The zero-order valence-corrected chi connectivity index (χ0v) is 9.38. The molecule has 1 rings (SSSR count). The molecule has 0 aliphatic heterocycles. The summed E-state index contributed by atoms with van der Waals surface area (Å²) in [5, 5.41) is 0.603. The van der Waals surface area contributed by atoms with E-state index in [-0.39, 0.29) is 5.56 Å². The number of hydrogen-bond acceptors (Lipinski definition) is 3. The van der Waals surface area contributed by atoms with E-state index >= 15 is 0 Å². The number of hydrogen-bond donors (Lipinski definition) is 1. The molecule has 1 aromatic heterocycles. The van der Waals surface area contributed by atoms with Crippen molar-refractivity contribution in [2.75, 3.05) is 11.5 Å². The van der Waals surface area contributed by atoms with Crippen molar-refractivity contribution in [3.8, 4) is 0 Å². The number of nitrogens with zero attached hydrogens (tertiary/aromatic N) is 1. The lowest BCUT2D eigenvalue weighted by Gasteiger charge is -2.07. The van der Waals surface area contributed by atoms with E-state index in [2.05, 4.69) is 13.8 Å². The fraction of sp³-hybridized carbons (Fsp3) is 0.500. The molecule has 0 spiro atoms. The molecule has 14 heavy (non-hydrogen) atoms. The van der Waals surface area contributed by atoms with Crippen molar-refractivity contribution in [1.82, 2.24) is 4.57 Å². The van der Waals surface area contributed by atoms with E-state index in [0.717, 1.165) is 12.3 Å². The van der Waals surface area contributed by atoms with Crippen molar-refractivity contribution in [3.05, 3.63) is 28.7 Å². The first-order valence-electron chi connectivity index (χ1n) is 4.67. The number of rotatable bonds is 4. The van der Waals surface area contributed by atoms with Gasteiger partial charge in [-0.05, 0) is 11.3 Å². The van der Waals surface area contributed by atoms with Gasteiger partial charge in [-0.25, -0.2) is 0 Å². The fourth-order valence-electron chi connectivity index (χ4n) is 1.11. The van der Waals surface area contributed by atoms with Crippen LogP contribution in [-0.2, 0) is 6.54 Å². The third kappa shape index (κ3) is 3.46. The van der Waals surface area contributed by atoms with Gasteiger partial charge in [0.05, 0.1) is 0 Å². The number of pyridine rings is 1. The van der Waals surface area contributed by atoms with E-state index in [0.29, 0.717) is 10.9 Å². The highest BCUT2D eigenvalue weighted by Crippen LogP contribution is 2.09. The van der Waals surface area contributed by atoms with Crippen LogP contribution >= 0.6 is 11.8 Å². The minimum atomic E-state index is 0.0172. The Morgan fingerprint density at radius 2 is 2.21 bits per heavy atom. The summed E-state index contributed by atoms with van der Waals surface area (Å²) < 4.78 is 1.66. The Morgan fingerprint density at radius 1 is 1.50 bits per heavy atom. The van der Waals surface area contributed by atoms with Gasteiger partial charge in [-0.3, -0.25) is 4.79 Å². The quantitative estimate of drug-likeness (QED) is 0.824. The molecule has 2 N–H and O–H groups in total. The highest BCUT2D eigenvalue weighted by molar-refractivity contribution is 7.99. The van der Waals surface area contributed by atoms with E-state index in [1.54, 1.807) is 16.8 Å². The third-order valence-corrected chi connectivity index (χ3v) is 2.87. The molecular weight excluding hydrogens is 196 g/mol. The minimum Gasteiger partial charge on any atom is -0.398 e. The van der Waals surface area contributed by atoms with Crippen LogP contribution in [0.4, 0.5) is 5.69 Å². The molecule has 78 valence electrons. The Labute approximate surface area is 88.3 Å². The molecule has 0 saturated carbocycles. The van der Waals surface area contributed by atoms with Crippen LogP contribution in [-0.4, -0.2) is 15.6 Å². The van der Waals surface area contributed by atoms with Crippen LogP contribution in [0, 0.1) is 0 Å². The monoisotopic (exact) mass is 212 g/mol. The molecule has 0 unspecified atom stereocenters. The second kappa shape index (κ2) is 5.10. The highest BCUT2D eigenvalue weighted by atomic mass is 32.2. The van der Waals surface area contributed by atoms with Crippen LogP contribution in [0.5, 0.6) is 0 Å². The largest absolute Gasteiger partial charge is 0.398 e. The SMILES string of the molecule is CC(C)SCCn1cc(N)ccc1=O. The smallest absolute Gasteiger partial charge is 0.250 e. The van der Waals surface area contributed by atoms with E-state index < -0.39 is 0 Å². The van der Waals surface area contributed by atoms with Crippen molar-refractivity contribution in [2.24, 2.45) is 0 Å². The van der Waals surface area contributed by atoms with Gasteiger partial charge in [0.1, 0.15) is 0 Å². The summed E-state index contributed by atoms with van der Waals surface area (Å²) >= 11 is 1.84. The van der Waals surface area contributed by atoms with Crippen molar-refractivity contribution in [2.45, 2.75) is 25.6 Å². The van der Waals surface area contributed by atoms with Crippen molar-refractivity contribution in [3.63, 3.8) is 0 Å². The first-order chi connectivity index (χ1) is 6.59. The zero-order valence-electron chi connectivity index (χ0n) is 8.56. The molecule has 1 heterocycles. The van der Waals surface area contributed by atoms with Gasteiger partial charge in [-0.2, -0.15) is 11.8 Å². The average Bonchev–Trinajstić information content (AvgIpc) is 2.10. The molecule has 0 radical (unpaired) electrons. The summed E-state index contributed by atoms with van der Waals surface area (Å²) in [4.78, 5) is 11.3. The summed E-state index contributed by atoms with van der Waals surface area (Å²) in [6.07, 6.45) is 1.70. The van der Waals surface area contributed by atoms with Crippen LogP contribution in [0.15, 0.2) is 23.1 Å². The lowest BCUT2D eigenvalue weighted by Crippen LogP contribution is -2.20. The molecule has 0 atom stereocenters. The van der Waals surface area contributed by atoms with E-state index in [4.69, 9.17) is 5.73 Å². The Bertz CT molecular complexity index is 346. The number of anilines is 1. The summed E-state index contributed by atoms with van der Waals surface area (Å²) in [5.74, 6) is 0.945. The van der Waals surface area contributed by atoms with Crippen LogP contribution in [0.25, 0.3) is 0 Å². The maximum atomic E-state index is 11.3. The lowest BCUT2D eigenvalue weighted by molar-refractivity contribution is 0.736. The van der Waals surface area contributed by atoms with Gasteiger partial charge in [0.2, 0.25) is 0 Å². The molecule has 0 fully saturated rings. The molecule has 3 nitrogen and oxygen atoms in total. The Hall–Kier alpha value is -0.900. The zero-order chi connectivity index (χ0) is 10.6. The Kier molecular flexibility index (Phi) is 4.07. The molecule has 4 heteroatoms. The minimum absolute atomic E-state index is 0.0172. The average molecular weight is 212 g/mol. The number of aromatic nitrogens is 1. The van der Waals surface area contributed by atoms with Gasteiger partial charge in [0, 0.05) is 30.2 Å². The predicted molar refractivity (Wildman–Crippen MR) is 62.7 cm³/mol. The van der Waals surface area contributed by atoms with Crippen LogP contribution in [0.3, 0.4) is 0 Å². The molecule has 0 amide bonds. The normalized spacial score (nSPS) is 10.8. The van der Waals surface area contributed by atoms with Crippen molar-refractivity contribution < 1.29 is 0 Å². The maximum Gasteiger partial charge on any atom is 0.250 e. The van der Waals surface area contributed by atoms with Gasteiger partial charge < -0.3 is 10.3 Å². The highest BCUT2D eigenvalue weighted by Gasteiger charge is 1.98. The lowest BCUT2D eigenvalue weighted by atomic mass is 10.4. The summed E-state index contributed by atoms with van der Waals surface area (Å²) in [5.41, 5.74) is 6.25. The molecule has 0 aliphatic carbocycles. The maximum absolute atomic E-state index is 11.3. The van der Waals surface area contributed by atoms with Gasteiger partial charge in [0.15, 0.2) is 0 Å². The van der Waals surface area contributed by atoms with Gasteiger partial charge in [-0.15, -0.1) is 0 Å². The van der Waals surface area contributed by atoms with Crippen molar-refractivity contribution >= 4 is 17.4 Å². The molecule has 0 bridgehead atoms. The van der Waals surface area contributed by atoms with Crippen LogP contribution in [0.2, 0.25) is 0 Å². The van der Waals surface area contributed by atoms with Crippen LogP contribution < -0.4 is 11.3 Å². The number of thioether (sulfide) groups is 1. The molecule has 0 saturated heterocycles. The van der Waals surface area contributed by atoms with E-state index in [9.17, 15) is 4.79 Å². The van der Waals surface area contributed by atoms with Gasteiger partial charge >= 0.3 is 0 Å². The van der Waals surface area contributed by atoms with Gasteiger partial charge in [0.25, 0.3) is 5.56 Å². The number of nitrogens with two attached hydrogens (primary N) is 1. The van der Waals surface area contributed by atoms with Crippen LogP contribution in [0.1, 0.15) is 13.8 Å². The number of nitrogen functional groups attached to an aromatic ring is 1.